The molecule has 0 spiro atoms. The maximum atomic E-state index is 10.8. The minimum absolute atomic E-state index is 0. The molecule has 0 amide bonds. The smallest absolute Gasteiger partial charge is 0.150 e. The summed E-state index contributed by atoms with van der Waals surface area (Å²) >= 11 is 0. The molecular formula is C5H13ClN2O2S. The quantitative estimate of drug-likeness (QED) is 0.440. The monoisotopic (exact) mass is 200 g/mol. The molecule has 0 aromatic carbocycles. The maximum absolute atomic E-state index is 10.8. The Balaban J connectivity index is 0.000001000. The van der Waals surface area contributed by atoms with E-state index in [1.54, 1.807) is 0 Å². The molecule has 1 heterocycles. The van der Waals surface area contributed by atoms with E-state index in [0.717, 1.165) is 0 Å². The van der Waals surface area contributed by atoms with Crippen LogP contribution < -0.4 is 11.3 Å². The van der Waals surface area contributed by atoms with E-state index in [1.807, 2.05) is 0 Å². The third-order valence-electron chi connectivity index (χ3n) is 1.79. The summed E-state index contributed by atoms with van der Waals surface area (Å²) in [5, 5.41) is 0. The van der Waals surface area contributed by atoms with Crippen LogP contribution in [0.15, 0.2) is 0 Å². The molecule has 68 valence electrons. The van der Waals surface area contributed by atoms with Crippen molar-refractivity contribution in [3.63, 3.8) is 0 Å². The lowest BCUT2D eigenvalue weighted by molar-refractivity contribution is 0.475. The molecule has 1 fully saturated rings. The number of sulfone groups is 1. The lowest BCUT2D eigenvalue weighted by Crippen LogP contribution is -2.41. The van der Waals surface area contributed by atoms with E-state index in [1.165, 1.54) is 0 Å². The molecule has 3 N–H and O–H groups in total. The van der Waals surface area contributed by atoms with Gasteiger partial charge in [-0.05, 0) is 12.8 Å². The Morgan fingerprint density at radius 3 is 2.09 bits per heavy atom. The molecule has 0 aromatic heterocycles. The summed E-state index contributed by atoms with van der Waals surface area (Å²) in [5.41, 5.74) is 2.58. The zero-order valence-corrected chi connectivity index (χ0v) is 7.75. The minimum atomic E-state index is -2.72. The van der Waals surface area contributed by atoms with Crippen LogP contribution in [-0.4, -0.2) is 26.0 Å². The summed E-state index contributed by atoms with van der Waals surface area (Å²) in [6.07, 6.45) is 1.30. The van der Waals surface area contributed by atoms with Gasteiger partial charge in [-0.3, -0.25) is 11.3 Å². The number of hydrogen-bond donors (Lipinski definition) is 2. The third kappa shape index (κ3) is 3.37. The second-order valence-electron chi connectivity index (χ2n) is 2.59. The van der Waals surface area contributed by atoms with E-state index < -0.39 is 9.84 Å². The van der Waals surface area contributed by atoms with Gasteiger partial charge >= 0.3 is 0 Å². The van der Waals surface area contributed by atoms with Crippen molar-refractivity contribution in [3.05, 3.63) is 0 Å². The first-order chi connectivity index (χ1) is 4.64. The molecule has 1 saturated heterocycles. The van der Waals surface area contributed by atoms with Gasteiger partial charge in [-0.1, -0.05) is 0 Å². The van der Waals surface area contributed by atoms with Crippen LogP contribution in [0.2, 0.25) is 0 Å². The molecule has 0 saturated carbocycles. The van der Waals surface area contributed by atoms with E-state index in [2.05, 4.69) is 5.43 Å². The van der Waals surface area contributed by atoms with Gasteiger partial charge < -0.3 is 0 Å². The summed E-state index contributed by atoms with van der Waals surface area (Å²) < 4.78 is 21.7. The van der Waals surface area contributed by atoms with Crippen LogP contribution in [0, 0.1) is 0 Å². The lowest BCUT2D eigenvalue weighted by atomic mass is 10.2. The van der Waals surface area contributed by atoms with Gasteiger partial charge in [0, 0.05) is 6.04 Å². The van der Waals surface area contributed by atoms with Gasteiger partial charge in [0.25, 0.3) is 0 Å². The van der Waals surface area contributed by atoms with E-state index in [-0.39, 0.29) is 30.0 Å². The Morgan fingerprint density at radius 2 is 1.73 bits per heavy atom. The largest absolute Gasteiger partial charge is 0.271 e. The predicted molar refractivity (Wildman–Crippen MR) is 46.2 cm³/mol. The number of rotatable bonds is 1. The maximum Gasteiger partial charge on any atom is 0.150 e. The standard InChI is InChI=1S/C5H12N2O2S.ClH/c6-7-5-1-3-10(8,9)4-2-5;/h5,7H,1-4,6H2;1H. The first-order valence-electron chi connectivity index (χ1n) is 3.30. The van der Waals surface area contributed by atoms with Crippen LogP contribution in [-0.2, 0) is 9.84 Å². The Morgan fingerprint density at radius 1 is 1.27 bits per heavy atom. The third-order valence-corrected chi connectivity index (χ3v) is 3.51. The van der Waals surface area contributed by atoms with E-state index in [9.17, 15) is 8.42 Å². The normalized spacial score (nSPS) is 24.1. The summed E-state index contributed by atoms with van der Waals surface area (Å²) in [5.74, 6) is 5.71. The molecule has 11 heavy (non-hydrogen) atoms. The highest BCUT2D eigenvalue weighted by atomic mass is 35.5. The first-order valence-corrected chi connectivity index (χ1v) is 5.13. The molecule has 1 aliphatic rings. The van der Waals surface area contributed by atoms with Crippen molar-refractivity contribution in [1.82, 2.24) is 5.43 Å². The van der Waals surface area contributed by atoms with Gasteiger partial charge in [-0.15, -0.1) is 12.4 Å². The zero-order chi connectivity index (χ0) is 7.61. The van der Waals surface area contributed by atoms with Crippen molar-refractivity contribution in [2.45, 2.75) is 18.9 Å². The number of hydrogen-bond acceptors (Lipinski definition) is 4. The van der Waals surface area contributed by atoms with Gasteiger partial charge in [0.15, 0.2) is 0 Å². The highest BCUT2D eigenvalue weighted by molar-refractivity contribution is 7.91. The Hall–Kier alpha value is 0.160. The van der Waals surface area contributed by atoms with Crippen LogP contribution in [0.25, 0.3) is 0 Å². The topological polar surface area (TPSA) is 72.2 Å². The summed E-state index contributed by atoms with van der Waals surface area (Å²) in [7, 11) is -2.72. The molecule has 0 unspecified atom stereocenters. The number of halogens is 1. The first kappa shape index (κ1) is 11.2. The molecule has 4 nitrogen and oxygen atoms in total. The van der Waals surface area contributed by atoms with Crippen molar-refractivity contribution in [2.75, 3.05) is 11.5 Å². The zero-order valence-electron chi connectivity index (χ0n) is 6.12. The van der Waals surface area contributed by atoms with E-state index in [0.29, 0.717) is 12.8 Å². The number of nitrogens with two attached hydrogens (primary N) is 1. The highest BCUT2D eigenvalue weighted by Crippen LogP contribution is 2.10. The van der Waals surface area contributed by atoms with Crippen LogP contribution in [0.4, 0.5) is 0 Å². The number of hydrazine groups is 1. The average molecular weight is 201 g/mol. The van der Waals surface area contributed by atoms with Crippen LogP contribution in [0.5, 0.6) is 0 Å². The fourth-order valence-electron chi connectivity index (χ4n) is 1.06. The molecule has 0 radical (unpaired) electrons. The minimum Gasteiger partial charge on any atom is -0.271 e. The van der Waals surface area contributed by atoms with Gasteiger partial charge in [-0.2, -0.15) is 0 Å². The highest BCUT2D eigenvalue weighted by Gasteiger charge is 2.21. The fourth-order valence-corrected chi connectivity index (χ4v) is 2.55. The van der Waals surface area contributed by atoms with Crippen molar-refractivity contribution in [2.24, 2.45) is 5.84 Å². The van der Waals surface area contributed by atoms with E-state index in [4.69, 9.17) is 5.84 Å². The van der Waals surface area contributed by atoms with Gasteiger partial charge in [0.05, 0.1) is 11.5 Å². The lowest BCUT2D eigenvalue weighted by Gasteiger charge is -2.20. The molecule has 0 bridgehead atoms. The van der Waals surface area contributed by atoms with Gasteiger partial charge in [0.2, 0.25) is 0 Å². The Bertz CT molecular complexity index is 191. The van der Waals surface area contributed by atoms with Gasteiger partial charge in [-0.25, -0.2) is 8.42 Å². The van der Waals surface area contributed by atoms with Crippen LogP contribution in [0.1, 0.15) is 12.8 Å². The van der Waals surface area contributed by atoms with Crippen molar-refractivity contribution < 1.29 is 8.42 Å². The second kappa shape index (κ2) is 4.25. The average Bonchev–Trinajstić information content (AvgIpc) is 1.88. The van der Waals surface area contributed by atoms with Crippen molar-refractivity contribution >= 4 is 22.2 Å². The molecule has 1 rings (SSSR count). The molecular weight excluding hydrogens is 188 g/mol. The van der Waals surface area contributed by atoms with Crippen LogP contribution >= 0.6 is 12.4 Å². The molecule has 0 atom stereocenters. The molecule has 0 aliphatic carbocycles. The molecule has 0 aromatic rings. The molecule has 6 heteroatoms. The second-order valence-corrected chi connectivity index (χ2v) is 4.90. The fraction of sp³-hybridized carbons (Fsp3) is 1.00. The van der Waals surface area contributed by atoms with E-state index >= 15 is 0 Å². The Kier molecular flexibility index (Phi) is 4.31. The summed E-state index contributed by atoms with van der Waals surface area (Å²) in [6.45, 7) is 0. The SMILES string of the molecule is Cl.NNC1CCS(=O)(=O)CC1. The predicted octanol–water partition coefficient (Wildman–Crippen LogP) is -0.551. The Labute approximate surface area is 72.8 Å². The van der Waals surface area contributed by atoms with Gasteiger partial charge in [0.1, 0.15) is 9.84 Å². The molecule has 1 aliphatic heterocycles. The van der Waals surface area contributed by atoms with Crippen molar-refractivity contribution in [3.8, 4) is 0 Å². The van der Waals surface area contributed by atoms with Crippen LogP contribution in [0.3, 0.4) is 0 Å². The number of nitrogens with one attached hydrogen (secondary N) is 1. The summed E-state index contributed by atoms with van der Waals surface area (Å²) in [6, 6.07) is 0.198. The van der Waals surface area contributed by atoms with Crippen molar-refractivity contribution in [1.29, 1.82) is 0 Å². The summed E-state index contributed by atoms with van der Waals surface area (Å²) in [4.78, 5) is 0.